The van der Waals surface area contributed by atoms with Crippen LogP contribution in [0.2, 0.25) is 0 Å². The number of nitrogens with zero attached hydrogens (tertiary/aromatic N) is 1. The smallest absolute Gasteiger partial charge is 0.340 e. The zero-order chi connectivity index (χ0) is 15.2. The van der Waals surface area contributed by atoms with Gasteiger partial charge in [0, 0.05) is 13.6 Å². The zero-order valence-corrected chi connectivity index (χ0v) is 13.1. The molecule has 2 rings (SSSR count). The summed E-state index contributed by atoms with van der Waals surface area (Å²) in [5.41, 5.74) is 8.12. The molecule has 1 saturated carbocycles. The van der Waals surface area contributed by atoms with Crippen molar-refractivity contribution in [1.29, 1.82) is 0 Å². The second-order valence-electron chi connectivity index (χ2n) is 5.85. The molecule has 1 aliphatic rings. The molecular formula is C17H26N2O2. The summed E-state index contributed by atoms with van der Waals surface area (Å²) in [6.45, 7) is 3.13. The number of carbonyl (C=O) groups excluding carboxylic acids is 1. The maximum absolute atomic E-state index is 12.1. The van der Waals surface area contributed by atoms with Gasteiger partial charge in [-0.15, -0.1) is 0 Å². The molecule has 1 aliphatic carbocycles. The first-order chi connectivity index (χ1) is 10.1. The third kappa shape index (κ3) is 3.90. The summed E-state index contributed by atoms with van der Waals surface area (Å²) in [5, 5.41) is 0. The van der Waals surface area contributed by atoms with Crippen LogP contribution in [-0.2, 0) is 4.74 Å². The average Bonchev–Trinajstić information content (AvgIpc) is 2.48. The Kier molecular flexibility index (Phi) is 5.48. The van der Waals surface area contributed by atoms with Gasteiger partial charge in [-0.3, -0.25) is 0 Å². The van der Waals surface area contributed by atoms with Crippen LogP contribution in [0.4, 0.5) is 11.4 Å². The Labute approximate surface area is 127 Å². The second kappa shape index (κ2) is 7.34. The molecule has 1 fully saturated rings. The number of nitrogen functional groups attached to an aromatic ring is 1. The van der Waals surface area contributed by atoms with E-state index < -0.39 is 0 Å². The summed E-state index contributed by atoms with van der Waals surface area (Å²) in [5.74, 6) is 0.397. The van der Waals surface area contributed by atoms with Crippen LogP contribution in [0.3, 0.4) is 0 Å². The third-order valence-corrected chi connectivity index (χ3v) is 4.20. The standard InChI is InChI=1S/C17H26N2O2/c1-3-21-17(20)14-10-7-11-15(18)16(14)19(2)12-13-8-5-4-6-9-13/h7,10-11,13H,3-6,8-9,12,18H2,1-2H3. The van der Waals surface area contributed by atoms with E-state index in [-0.39, 0.29) is 5.97 Å². The molecule has 0 heterocycles. The number of carbonyl (C=O) groups is 1. The molecule has 0 spiro atoms. The van der Waals surface area contributed by atoms with Crippen molar-refractivity contribution in [2.45, 2.75) is 39.0 Å². The lowest BCUT2D eigenvalue weighted by Crippen LogP contribution is -2.29. The van der Waals surface area contributed by atoms with E-state index in [9.17, 15) is 4.79 Å². The quantitative estimate of drug-likeness (QED) is 0.666. The molecule has 4 heteroatoms. The van der Waals surface area contributed by atoms with E-state index in [1.807, 2.05) is 20.0 Å². The molecule has 21 heavy (non-hydrogen) atoms. The molecule has 116 valence electrons. The molecule has 0 unspecified atom stereocenters. The van der Waals surface area contributed by atoms with Crippen molar-refractivity contribution in [3.63, 3.8) is 0 Å². The lowest BCUT2D eigenvalue weighted by atomic mass is 9.89. The molecule has 0 radical (unpaired) electrons. The summed E-state index contributed by atoms with van der Waals surface area (Å²) in [6, 6.07) is 5.44. The maximum Gasteiger partial charge on any atom is 0.340 e. The van der Waals surface area contributed by atoms with Gasteiger partial charge in [-0.1, -0.05) is 25.3 Å². The van der Waals surface area contributed by atoms with E-state index in [1.54, 1.807) is 12.1 Å². The van der Waals surface area contributed by atoms with E-state index in [0.29, 0.717) is 23.8 Å². The van der Waals surface area contributed by atoms with E-state index in [1.165, 1.54) is 32.1 Å². The Morgan fingerprint density at radius 3 is 2.71 bits per heavy atom. The van der Waals surface area contributed by atoms with Crippen molar-refractivity contribution in [2.24, 2.45) is 5.92 Å². The summed E-state index contributed by atoms with van der Waals surface area (Å²) in [7, 11) is 2.02. The van der Waals surface area contributed by atoms with Crippen LogP contribution in [0, 0.1) is 5.92 Å². The number of esters is 1. The SMILES string of the molecule is CCOC(=O)c1cccc(N)c1N(C)CC1CCCCC1. The van der Waals surface area contributed by atoms with Gasteiger partial charge in [0.1, 0.15) is 0 Å². The van der Waals surface area contributed by atoms with Crippen molar-refractivity contribution in [3.05, 3.63) is 23.8 Å². The van der Waals surface area contributed by atoms with Crippen molar-refractivity contribution < 1.29 is 9.53 Å². The molecule has 0 aliphatic heterocycles. The number of anilines is 2. The fourth-order valence-corrected chi connectivity index (χ4v) is 3.21. The van der Waals surface area contributed by atoms with Crippen molar-refractivity contribution in [2.75, 3.05) is 30.8 Å². The van der Waals surface area contributed by atoms with Gasteiger partial charge in [-0.2, -0.15) is 0 Å². The Hall–Kier alpha value is -1.71. The third-order valence-electron chi connectivity index (χ3n) is 4.20. The molecule has 0 amide bonds. The first-order valence-electron chi connectivity index (χ1n) is 7.90. The molecule has 2 N–H and O–H groups in total. The predicted molar refractivity (Wildman–Crippen MR) is 86.7 cm³/mol. The monoisotopic (exact) mass is 290 g/mol. The zero-order valence-electron chi connectivity index (χ0n) is 13.1. The number of ether oxygens (including phenoxy) is 1. The summed E-state index contributed by atoms with van der Waals surface area (Å²) < 4.78 is 5.14. The Morgan fingerprint density at radius 1 is 1.33 bits per heavy atom. The molecule has 1 aromatic carbocycles. The Bertz CT molecular complexity index is 482. The minimum Gasteiger partial charge on any atom is -0.462 e. The van der Waals surface area contributed by atoms with E-state index in [4.69, 9.17) is 10.5 Å². The highest BCUT2D eigenvalue weighted by Gasteiger charge is 2.21. The fraction of sp³-hybridized carbons (Fsp3) is 0.588. The molecule has 0 aromatic heterocycles. The minimum atomic E-state index is -0.296. The van der Waals surface area contributed by atoms with Crippen molar-refractivity contribution >= 4 is 17.3 Å². The van der Waals surface area contributed by atoms with Crippen LogP contribution >= 0.6 is 0 Å². The largest absolute Gasteiger partial charge is 0.462 e. The maximum atomic E-state index is 12.1. The number of hydrogen-bond acceptors (Lipinski definition) is 4. The predicted octanol–water partition coefficient (Wildman–Crippen LogP) is 3.46. The van der Waals surface area contributed by atoms with Gasteiger partial charge in [0.15, 0.2) is 0 Å². The molecule has 0 saturated heterocycles. The molecule has 1 aromatic rings. The lowest BCUT2D eigenvalue weighted by Gasteiger charge is -2.30. The first kappa shape index (κ1) is 15.7. The topological polar surface area (TPSA) is 55.6 Å². The van der Waals surface area contributed by atoms with E-state index in [2.05, 4.69) is 4.90 Å². The molecular weight excluding hydrogens is 264 g/mol. The first-order valence-corrected chi connectivity index (χ1v) is 7.90. The highest BCUT2D eigenvalue weighted by molar-refractivity contribution is 5.99. The lowest BCUT2D eigenvalue weighted by molar-refractivity contribution is 0.0527. The average molecular weight is 290 g/mol. The van der Waals surface area contributed by atoms with Crippen LogP contribution in [-0.4, -0.2) is 26.2 Å². The van der Waals surface area contributed by atoms with E-state index in [0.717, 1.165) is 12.2 Å². The Morgan fingerprint density at radius 2 is 2.05 bits per heavy atom. The highest BCUT2D eigenvalue weighted by Crippen LogP contribution is 2.31. The van der Waals surface area contributed by atoms with Crippen molar-refractivity contribution in [3.8, 4) is 0 Å². The minimum absolute atomic E-state index is 0.296. The van der Waals surface area contributed by atoms with Crippen LogP contribution in [0.25, 0.3) is 0 Å². The van der Waals surface area contributed by atoms with Crippen LogP contribution in [0.15, 0.2) is 18.2 Å². The summed E-state index contributed by atoms with van der Waals surface area (Å²) in [4.78, 5) is 14.2. The molecule has 0 atom stereocenters. The summed E-state index contributed by atoms with van der Waals surface area (Å²) >= 11 is 0. The van der Waals surface area contributed by atoms with Gasteiger partial charge in [0.05, 0.1) is 23.5 Å². The van der Waals surface area contributed by atoms with Crippen LogP contribution < -0.4 is 10.6 Å². The fourth-order valence-electron chi connectivity index (χ4n) is 3.21. The van der Waals surface area contributed by atoms with Gasteiger partial charge in [0.2, 0.25) is 0 Å². The second-order valence-corrected chi connectivity index (χ2v) is 5.85. The van der Waals surface area contributed by atoms with E-state index >= 15 is 0 Å². The Balaban J connectivity index is 2.18. The van der Waals surface area contributed by atoms with Gasteiger partial charge in [0.25, 0.3) is 0 Å². The molecule has 0 bridgehead atoms. The van der Waals surface area contributed by atoms with Gasteiger partial charge in [-0.25, -0.2) is 4.79 Å². The number of hydrogen-bond donors (Lipinski definition) is 1. The van der Waals surface area contributed by atoms with Gasteiger partial charge in [-0.05, 0) is 37.8 Å². The van der Waals surface area contributed by atoms with Crippen LogP contribution in [0.5, 0.6) is 0 Å². The number of rotatable bonds is 5. The normalized spacial score (nSPS) is 15.7. The van der Waals surface area contributed by atoms with Crippen molar-refractivity contribution in [1.82, 2.24) is 0 Å². The molecule has 4 nitrogen and oxygen atoms in total. The summed E-state index contributed by atoms with van der Waals surface area (Å²) in [6.07, 6.45) is 6.51. The number of benzene rings is 1. The van der Waals surface area contributed by atoms with Crippen LogP contribution in [0.1, 0.15) is 49.4 Å². The number of para-hydroxylation sites is 1. The van der Waals surface area contributed by atoms with Gasteiger partial charge >= 0.3 is 5.97 Å². The number of nitrogens with two attached hydrogens (primary N) is 1. The van der Waals surface area contributed by atoms with Gasteiger partial charge < -0.3 is 15.4 Å². The highest BCUT2D eigenvalue weighted by atomic mass is 16.5.